The quantitative estimate of drug-likeness (QED) is 0.604. The van der Waals surface area contributed by atoms with Gasteiger partial charge in [0, 0.05) is 32.2 Å². The van der Waals surface area contributed by atoms with Crippen LogP contribution < -0.4 is 16.9 Å². The van der Waals surface area contributed by atoms with Crippen molar-refractivity contribution in [3.8, 4) is 0 Å². The molecule has 1 aliphatic heterocycles. The molecule has 0 aliphatic carbocycles. The van der Waals surface area contributed by atoms with Gasteiger partial charge in [-0.3, -0.25) is 5.84 Å². The van der Waals surface area contributed by atoms with E-state index in [0.717, 1.165) is 26.2 Å². The summed E-state index contributed by atoms with van der Waals surface area (Å²) < 4.78 is 0. The summed E-state index contributed by atoms with van der Waals surface area (Å²) in [6.07, 6.45) is 0. The van der Waals surface area contributed by atoms with Crippen molar-refractivity contribution < 1.29 is 0 Å². The van der Waals surface area contributed by atoms with Gasteiger partial charge in [0.1, 0.15) is 0 Å². The predicted octanol–water partition coefficient (Wildman–Crippen LogP) is 0.472. The summed E-state index contributed by atoms with van der Waals surface area (Å²) in [5, 5.41) is 5.02. The molecule has 1 aliphatic rings. The number of nitrogens with zero attached hydrogens (tertiary/aromatic N) is 1. The van der Waals surface area contributed by atoms with Crippen molar-refractivity contribution in [1.82, 2.24) is 10.3 Å². The van der Waals surface area contributed by atoms with Gasteiger partial charge < -0.3 is 11.1 Å². The van der Waals surface area contributed by atoms with Crippen molar-refractivity contribution in [2.24, 2.45) is 11.6 Å². The van der Waals surface area contributed by atoms with Crippen LogP contribution in [0.15, 0.2) is 30.3 Å². The molecule has 0 amide bonds. The van der Waals surface area contributed by atoms with Crippen molar-refractivity contribution in [2.45, 2.75) is 13.0 Å². The molecular formula is C12H22N4. The van der Waals surface area contributed by atoms with Crippen molar-refractivity contribution in [3.63, 3.8) is 0 Å². The highest BCUT2D eigenvalue weighted by Gasteiger charge is 2.01. The highest BCUT2D eigenvalue weighted by molar-refractivity contribution is 5.17. The topological polar surface area (TPSA) is 67.3 Å². The summed E-state index contributed by atoms with van der Waals surface area (Å²) in [6.45, 7) is 6.03. The van der Waals surface area contributed by atoms with Crippen molar-refractivity contribution >= 4 is 0 Å². The number of nitrogens with one attached hydrogen (secondary N) is 1. The van der Waals surface area contributed by atoms with E-state index in [4.69, 9.17) is 11.6 Å². The van der Waals surface area contributed by atoms with Gasteiger partial charge in [0.05, 0.1) is 0 Å². The van der Waals surface area contributed by atoms with Gasteiger partial charge in [-0.1, -0.05) is 30.3 Å². The predicted molar refractivity (Wildman–Crippen MR) is 67.7 cm³/mol. The Labute approximate surface area is 97.6 Å². The maximum Gasteiger partial charge on any atom is 0.0266 e. The lowest BCUT2D eigenvalue weighted by atomic mass is 10.1. The highest BCUT2D eigenvalue weighted by atomic mass is 15.4. The second-order valence-corrected chi connectivity index (χ2v) is 3.99. The lowest BCUT2D eigenvalue weighted by Crippen LogP contribution is -2.47. The van der Waals surface area contributed by atoms with Gasteiger partial charge in [-0.15, -0.1) is 0 Å². The van der Waals surface area contributed by atoms with Gasteiger partial charge in [0.2, 0.25) is 0 Å². The Balaban J connectivity index is 0.000000165. The molecule has 1 saturated heterocycles. The van der Waals surface area contributed by atoms with E-state index in [1.165, 1.54) is 5.56 Å². The Kier molecular flexibility index (Phi) is 6.03. The zero-order valence-electron chi connectivity index (χ0n) is 9.89. The second kappa shape index (κ2) is 7.35. The zero-order chi connectivity index (χ0) is 11.8. The molecule has 0 aromatic heterocycles. The molecular weight excluding hydrogens is 200 g/mol. The van der Waals surface area contributed by atoms with E-state index in [2.05, 4.69) is 5.32 Å². The molecule has 16 heavy (non-hydrogen) atoms. The molecule has 4 heteroatoms. The van der Waals surface area contributed by atoms with Crippen LogP contribution in [0.25, 0.3) is 0 Å². The maximum absolute atomic E-state index is 5.61. The van der Waals surface area contributed by atoms with Crippen molar-refractivity contribution in [1.29, 1.82) is 0 Å². The van der Waals surface area contributed by atoms with Gasteiger partial charge in [0.15, 0.2) is 0 Å². The van der Waals surface area contributed by atoms with Crippen LogP contribution in [0, 0.1) is 0 Å². The number of hydrogen-bond acceptors (Lipinski definition) is 4. The molecule has 4 nitrogen and oxygen atoms in total. The molecule has 1 fully saturated rings. The van der Waals surface area contributed by atoms with Crippen LogP contribution in [0.3, 0.4) is 0 Å². The second-order valence-electron chi connectivity index (χ2n) is 3.99. The molecule has 0 spiro atoms. The number of benzene rings is 1. The minimum absolute atomic E-state index is 0.159. The van der Waals surface area contributed by atoms with E-state index in [0.29, 0.717) is 0 Å². The van der Waals surface area contributed by atoms with Crippen LogP contribution in [-0.2, 0) is 0 Å². The van der Waals surface area contributed by atoms with Crippen LogP contribution in [0.5, 0.6) is 0 Å². The SMILES string of the molecule is CC(N)c1ccccc1.NN1CCNCC1. The van der Waals surface area contributed by atoms with Gasteiger partial charge in [-0.05, 0) is 12.5 Å². The van der Waals surface area contributed by atoms with Crippen LogP contribution in [0.1, 0.15) is 18.5 Å². The highest BCUT2D eigenvalue weighted by Crippen LogP contribution is 2.06. The minimum Gasteiger partial charge on any atom is -0.324 e. The smallest absolute Gasteiger partial charge is 0.0266 e. The Morgan fingerprint density at radius 2 is 1.75 bits per heavy atom. The third-order valence-electron chi connectivity index (χ3n) is 2.48. The van der Waals surface area contributed by atoms with Gasteiger partial charge in [-0.25, -0.2) is 5.01 Å². The van der Waals surface area contributed by atoms with Crippen molar-refractivity contribution in [2.75, 3.05) is 26.2 Å². The molecule has 5 N–H and O–H groups in total. The lowest BCUT2D eigenvalue weighted by Gasteiger charge is -2.21. The molecule has 90 valence electrons. The summed E-state index contributed by atoms with van der Waals surface area (Å²) in [5.41, 5.74) is 6.81. The standard InChI is InChI=1S/C8H11N.C4H11N3/c1-7(9)8-5-3-2-4-6-8;5-7-3-1-6-2-4-7/h2-7H,9H2,1H3;6H,1-5H2. The van der Waals surface area contributed by atoms with Gasteiger partial charge >= 0.3 is 0 Å². The molecule has 1 atom stereocenters. The Hall–Kier alpha value is -0.940. The average molecular weight is 222 g/mol. The third kappa shape index (κ3) is 5.23. The van der Waals surface area contributed by atoms with Gasteiger partial charge in [-0.2, -0.15) is 0 Å². The fraction of sp³-hybridized carbons (Fsp3) is 0.500. The average Bonchev–Trinajstić information content (AvgIpc) is 2.32. The van der Waals surface area contributed by atoms with E-state index < -0.39 is 0 Å². The number of hydrazine groups is 1. The third-order valence-corrected chi connectivity index (χ3v) is 2.48. The zero-order valence-corrected chi connectivity index (χ0v) is 9.89. The van der Waals surface area contributed by atoms with Crippen LogP contribution in [0.2, 0.25) is 0 Å². The molecule has 1 unspecified atom stereocenters. The summed E-state index contributed by atoms with van der Waals surface area (Å²) in [6, 6.07) is 10.2. The lowest BCUT2D eigenvalue weighted by molar-refractivity contribution is 0.248. The summed E-state index contributed by atoms with van der Waals surface area (Å²) in [7, 11) is 0. The number of hydrogen-bond donors (Lipinski definition) is 3. The van der Waals surface area contributed by atoms with Gasteiger partial charge in [0.25, 0.3) is 0 Å². The largest absolute Gasteiger partial charge is 0.324 e. The summed E-state index contributed by atoms with van der Waals surface area (Å²) in [5.74, 6) is 5.43. The molecule has 0 bridgehead atoms. The van der Waals surface area contributed by atoms with E-state index >= 15 is 0 Å². The van der Waals surface area contributed by atoms with Crippen molar-refractivity contribution in [3.05, 3.63) is 35.9 Å². The van der Waals surface area contributed by atoms with E-state index in [1.54, 1.807) is 0 Å². The summed E-state index contributed by atoms with van der Waals surface area (Å²) in [4.78, 5) is 0. The van der Waals surface area contributed by atoms with E-state index in [9.17, 15) is 0 Å². The van der Waals surface area contributed by atoms with Crippen LogP contribution in [-0.4, -0.2) is 31.2 Å². The monoisotopic (exact) mass is 222 g/mol. The molecule has 0 radical (unpaired) electrons. The number of rotatable bonds is 1. The molecule has 2 rings (SSSR count). The normalized spacial score (nSPS) is 18.4. The molecule has 1 heterocycles. The van der Waals surface area contributed by atoms with E-state index in [1.807, 2.05) is 42.3 Å². The first kappa shape index (κ1) is 13.1. The Morgan fingerprint density at radius 1 is 1.19 bits per heavy atom. The number of nitrogens with two attached hydrogens (primary N) is 2. The minimum atomic E-state index is 0.159. The number of piperazine rings is 1. The van der Waals surface area contributed by atoms with Crippen LogP contribution in [0.4, 0.5) is 0 Å². The Morgan fingerprint density at radius 3 is 2.06 bits per heavy atom. The fourth-order valence-electron chi connectivity index (χ4n) is 1.44. The fourth-order valence-corrected chi connectivity index (χ4v) is 1.44. The van der Waals surface area contributed by atoms with E-state index in [-0.39, 0.29) is 6.04 Å². The summed E-state index contributed by atoms with van der Waals surface area (Å²) >= 11 is 0. The van der Waals surface area contributed by atoms with Crippen LogP contribution >= 0.6 is 0 Å². The first-order valence-electron chi connectivity index (χ1n) is 5.71. The maximum atomic E-state index is 5.61. The molecule has 0 saturated carbocycles. The Bertz CT molecular complexity index is 268. The first-order valence-corrected chi connectivity index (χ1v) is 5.71. The first-order chi connectivity index (χ1) is 7.70. The molecule has 1 aromatic carbocycles. The molecule has 1 aromatic rings.